The van der Waals surface area contributed by atoms with E-state index < -0.39 is 0 Å². The topological polar surface area (TPSA) is 32.8 Å². The van der Waals surface area contributed by atoms with Crippen molar-refractivity contribution in [3.8, 4) is 5.75 Å². The van der Waals surface area contributed by atoms with E-state index in [0.717, 1.165) is 49.2 Å². The molecule has 4 nitrogen and oxygen atoms in total. The fraction of sp³-hybridized carbons (Fsp3) is 0.316. The minimum Gasteiger partial charge on any atom is -0.483 e. The van der Waals surface area contributed by atoms with Gasteiger partial charge < -0.3 is 9.64 Å². The zero-order valence-corrected chi connectivity index (χ0v) is 13.3. The lowest BCUT2D eigenvalue weighted by atomic mass is 10.1. The molecule has 0 unspecified atom stereocenters. The molecule has 1 fully saturated rings. The molecule has 2 aromatic carbocycles. The zero-order valence-electron chi connectivity index (χ0n) is 13.3. The molecule has 4 heteroatoms. The van der Waals surface area contributed by atoms with Gasteiger partial charge in [-0.1, -0.05) is 42.5 Å². The minimum atomic E-state index is 0.0520. The van der Waals surface area contributed by atoms with Crippen LogP contribution in [0.3, 0.4) is 0 Å². The first-order valence-corrected chi connectivity index (χ1v) is 7.99. The zero-order chi connectivity index (χ0) is 16.1. The number of carbonyl (C=O) groups is 1. The Morgan fingerprint density at radius 3 is 2.61 bits per heavy atom. The second kappa shape index (κ2) is 7.29. The van der Waals surface area contributed by atoms with Crippen LogP contribution in [0.1, 0.15) is 0 Å². The number of hydrogen-bond acceptors (Lipinski definition) is 3. The summed E-state index contributed by atoms with van der Waals surface area (Å²) < 4.78 is 5.79. The van der Waals surface area contributed by atoms with Gasteiger partial charge in [0, 0.05) is 38.1 Å². The fourth-order valence-corrected chi connectivity index (χ4v) is 2.91. The van der Waals surface area contributed by atoms with Crippen molar-refractivity contribution in [2.45, 2.75) is 0 Å². The van der Waals surface area contributed by atoms with Crippen LogP contribution >= 0.6 is 0 Å². The van der Waals surface area contributed by atoms with E-state index in [-0.39, 0.29) is 12.5 Å². The molecule has 1 aliphatic rings. The molecule has 1 amide bonds. The standard InChI is InChI=1S/C19H22N2O2/c1-2-10-20-11-13-21(14-12-20)19(22)15-23-18-9-5-7-16-6-3-4-8-17(16)18/h2-9H,1,10-15H2. The Morgan fingerprint density at radius 2 is 1.83 bits per heavy atom. The smallest absolute Gasteiger partial charge is 0.260 e. The van der Waals surface area contributed by atoms with Gasteiger partial charge in [0.15, 0.2) is 6.61 Å². The van der Waals surface area contributed by atoms with Crippen molar-refractivity contribution in [2.24, 2.45) is 0 Å². The number of hydrogen-bond donors (Lipinski definition) is 0. The van der Waals surface area contributed by atoms with Gasteiger partial charge in [-0.2, -0.15) is 0 Å². The number of amides is 1. The molecular formula is C19H22N2O2. The average molecular weight is 310 g/mol. The predicted octanol–water partition coefficient (Wildman–Crippen LogP) is 2.55. The molecule has 0 aromatic heterocycles. The van der Waals surface area contributed by atoms with Gasteiger partial charge >= 0.3 is 0 Å². The number of rotatable bonds is 5. The van der Waals surface area contributed by atoms with E-state index in [1.807, 2.05) is 53.4 Å². The normalized spacial score (nSPS) is 15.6. The van der Waals surface area contributed by atoms with Crippen LogP contribution in [0.15, 0.2) is 55.1 Å². The van der Waals surface area contributed by atoms with Crippen LogP contribution in [-0.4, -0.2) is 55.0 Å². The van der Waals surface area contributed by atoms with Gasteiger partial charge in [-0.05, 0) is 11.5 Å². The van der Waals surface area contributed by atoms with Crippen LogP contribution < -0.4 is 4.74 Å². The third-order valence-corrected chi connectivity index (χ3v) is 4.21. The second-order valence-corrected chi connectivity index (χ2v) is 5.74. The quantitative estimate of drug-likeness (QED) is 0.796. The molecule has 0 spiro atoms. The van der Waals surface area contributed by atoms with Gasteiger partial charge in [-0.3, -0.25) is 9.69 Å². The van der Waals surface area contributed by atoms with Gasteiger partial charge in [0.25, 0.3) is 5.91 Å². The van der Waals surface area contributed by atoms with Crippen molar-refractivity contribution in [1.82, 2.24) is 9.80 Å². The summed E-state index contributed by atoms with van der Waals surface area (Å²) in [6, 6.07) is 14.0. The summed E-state index contributed by atoms with van der Waals surface area (Å²) in [6.07, 6.45) is 1.90. The van der Waals surface area contributed by atoms with Crippen molar-refractivity contribution in [2.75, 3.05) is 39.3 Å². The number of fused-ring (bicyclic) bond motifs is 1. The lowest BCUT2D eigenvalue weighted by molar-refractivity contribution is -0.135. The fourth-order valence-electron chi connectivity index (χ4n) is 2.91. The number of nitrogens with zero attached hydrogens (tertiary/aromatic N) is 2. The molecule has 0 radical (unpaired) electrons. The maximum absolute atomic E-state index is 12.3. The molecule has 0 aliphatic carbocycles. The van der Waals surface area contributed by atoms with E-state index in [0.29, 0.717) is 0 Å². The third-order valence-electron chi connectivity index (χ3n) is 4.21. The maximum atomic E-state index is 12.3. The lowest BCUT2D eigenvalue weighted by Gasteiger charge is -2.34. The summed E-state index contributed by atoms with van der Waals surface area (Å²) in [5.41, 5.74) is 0. The highest BCUT2D eigenvalue weighted by Crippen LogP contribution is 2.25. The Balaban J connectivity index is 1.58. The van der Waals surface area contributed by atoms with Crippen molar-refractivity contribution >= 4 is 16.7 Å². The number of carbonyl (C=O) groups excluding carboxylic acids is 1. The van der Waals surface area contributed by atoms with E-state index in [2.05, 4.69) is 11.5 Å². The highest BCUT2D eigenvalue weighted by atomic mass is 16.5. The summed E-state index contributed by atoms with van der Waals surface area (Å²) in [5, 5.41) is 2.16. The summed E-state index contributed by atoms with van der Waals surface area (Å²) in [6.45, 7) is 8.03. The summed E-state index contributed by atoms with van der Waals surface area (Å²) >= 11 is 0. The summed E-state index contributed by atoms with van der Waals surface area (Å²) in [4.78, 5) is 16.5. The van der Waals surface area contributed by atoms with Gasteiger partial charge in [0.1, 0.15) is 5.75 Å². The molecule has 23 heavy (non-hydrogen) atoms. The van der Waals surface area contributed by atoms with Gasteiger partial charge in [-0.15, -0.1) is 6.58 Å². The largest absolute Gasteiger partial charge is 0.483 e. The summed E-state index contributed by atoms with van der Waals surface area (Å²) in [7, 11) is 0. The molecular weight excluding hydrogens is 288 g/mol. The Labute approximate surface area is 136 Å². The molecule has 0 bridgehead atoms. The monoisotopic (exact) mass is 310 g/mol. The van der Waals surface area contributed by atoms with Crippen LogP contribution in [0.25, 0.3) is 10.8 Å². The van der Waals surface area contributed by atoms with Crippen molar-refractivity contribution in [3.63, 3.8) is 0 Å². The molecule has 2 aromatic rings. The first-order valence-electron chi connectivity index (χ1n) is 7.99. The van der Waals surface area contributed by atoms with E-state index in [4.69, 9.17) is 4.74 Å². The Kier molecular flexibility index (Phi) is 4.93. The Morgan fingerprint density at radius 1 is 1.09 bits per heavy atom. The average Bonchev–Trinajstić information content (AvgIpc) is 2.60. The van der Waals surface area contributed by atoms with Crippen LogP contribution in [-0.2, 0) is 4.79 Å². The molecule has 0 atom stereocenters. The predicted molar refractivity (Wildman–Crippen MR) is 92.7 cm³/mol. The molecule has 0 saturated carbocycles. The van der Waals surface area contributed by atoms with Crippen LogP contribution in [0.4, 0.5) is 0 Å². The molecule has 3 rings (SSSR count). The third kappa shape index (κ3) is 3.71. The van der Waals surface area contributed by atoms with Crippen molar-refractivity contribution in [3.05, 3.63) is 55.1 Å². The molecule has 1 heterocycles. The summed E-state index contributed by atoms with van der Waals surface area (Å²) in [5.74, 6) is 0.818. The van der Waals surface area contributed by atoms with E-state index in [9.17, 15) is 4.79 Å². The lowest BCUT2D eigenvalue weighted by Crippen LogP contribution is -2.49. The first kappa shape index (κ1) is 15.6. The molecule has 1 saturated heterocycles. The van der Waals surface area contributed by atoms with Gasteiger partial charge in [0.2, 0.25) is 0 Å². The van der Waals surface area contributed by atoms with Crippen LogP contribution in [0, 0.1) is 0 Å². The van der Waals surface area contributed by atoms with E-state index in [1.165, 1.54) is 0 Å². The van der Waals surface area contributed by atoms with Crippen molar-refractivity contribution < 1.29 is 9.53 Å². The highest BCUT2D eigenvalue weighted by molar-refractivity contribution is 5.88. The number of piperazine rings is 1. The Bertz CT molecular complexity index is 685. The van der Waals surface area contributed by atoms with Crippen molar-refractivity contribution in [1.29, 1.82) is 0 Å². The molecule has 0 N–H and O–H groups in total. The molecule has 120 valence electrons. The number of benzene rings is 2. The van der Waals surface area contributed by atoms with E-state index >= 15 is 0 Å². The van der Waals surface area contributed by atoms with Gasteiger partial charge in [-0.25, -0.2) is 0 Å². The minimum absolute atomic E-state index is 0.0520. The molecule has 1 aliphatic heterocycles. The highest BCUT2D eigenvalue weighted by Gasteiger charge is 2.20. The number of ether oxygens (including phenoxy) is 1. The SMILES string of the molecule is C=CCN1CCN(C(=O)COc2cccc3ccccc23)CC1. The Hall–Kier alpha value is -2.33. The second-order valence-electron chi connectivity index (χ2n) is 5.74. The van der Waals surface area contributed by atoms with E-state index in [1.54, 1.807) is 0 Å². The van der Waals surface area contributed by atoms with Crippen LogP contribution in [0.5, 0.6) is 5.75 Å². The van der Waals surface area contributed by atoms with Crippen LogP contribution in [0.2, 0.25) is 0 Å². The first-order chi connectivity index (χ1) is 11.3. The maximum Gasteiger partial charge on any atom is 0.260 e. The van der Waals surface area contributed by atoms with Gasteiger partial charge in [0.05, 0.1) is 0 Å².